The SMILES string of the molecule is CCC1(c2ccccc2)NC(=O)N(CN2CCN(S(=O)(=O)Cc3ccccc3)CC2)C1=O. The summed E-state index contributed by atoms with van der Waals surface area (Å²) < 4.78 is 27.0. The van der Waals surface area contributed by atoms with E-state index < -0.39 is 21.6 Å². The van der Waals surface area contributed by atoms with E-state index in [9.17, 15) is 18.0 Å². The molecule has 2 aliphatic rings. The number of nitrogens with zero attached hydrogens (tertiary/aromatic N) is 3. The highest BCUT2D eigenvalue weighted by atomic mass is 32.2. The van der Waals surface area contributed by atoms with Crippen LogP contribution in [0.25, 0.3) is 0 Å². The maximum absolute atomic E-state index is 13.3. The summed E-state index contributed by atoms with van der Waals surface area (Å²) in [7, 11) is -3.42. The monoisotopic (exact) mass is 456 g/mol. The van der Waals surface area contributed by atoms with E-state index in [0.717, 1.165) is 11.1 Å². The summed E-state index contributed by atoms with van der Waals surface area (Å²) in [5, 5.41) is 2.89. The summed E-state index contributed by atoms with van der Waals surface area (Å²) in [4.78, 5) is 29.2. The summed E-state index contributed by atoms with van der Waals surface area (Å²) in [6.07, 6.45) is 0.448. The van der Waals surface area contributed by atoms with Gasteiger partial charge in [0.25, 0.3) is 5.91 Å². The van der Waals surface area contributed by atoms with Gasteiger partial charge >= 0.3 is 6.03 Å². The topological polar surface area (TPSA) is 90.0 Å². The Bertz CT molecular complexity index is 1070. The van der Waals surface area contributed by atoms with Crippen LogP contribution in [0.3, 0.4) is 0 Å². The number of rotatable bonds is 7. The molecule has 0 spiro atoms. The molecule has 170 valence electrons. The molecule has 2 fully saturated rings. The molecule has 9 heteroatoms. The number of urea groups is 1. The number of carbonyl (C=O) groups is 2. The Balaban J connectivity index is 1.39. The molecule has 8 nitrogen and oxygen atoms in total. The largest absolute Gasteiger partial charge is 0.326 e. The second-order valence-corrected chi connectivity index (χ2v) is 10.2. The van der Waals surface area contributed by atoms with Crippen LogP contribution < -0.4 is 5.32 Å². The van der Waals surface area contributed by atoms with Crippen molar-refractivity contribution in [3.63, 3.8) is 0 Å². The minimum Gasteiger partial charge on any atom is -0.319 e. The van der Waals surface area contributed by atoms with Crippen molar-refractivity contribution in [1.82, 2.24) is 19.4 Å². The lowest BCUT2D eigenvalue weighted by atomic mass is 9.87. The van der Waals surface area contributed by atoms with Crippen molar-refractivity contribution < 1.29 is 18.0 Å². The van der Waals surface area contributed by atoms with Gasteiger partial charge in [0.05, 0.1) is 12.4 Å². The van der Waals surface area contributed by atoms with Crippen LogP contribution in [0.4, 0.5) is 4.79 Å². The highest BCUT2D eigenvalue weighted by molar-refractivity contribution is 7.88. The van der Waals surface area contributed by atoms with Crippen LogP contribution in [0.2, 0.25) is 0 Å². The number of hydrogen-bond donors (Lipinski definition) is 1. The Hall–Kier alpha value is -2.75. The zero-order chi connectivity index (χ0) is 22.8. The van der Waals surface area contributed by atoms with Crippen molar-refractivity contribution in [2.24, 2.45) is 0 Å². The lowest BCUT2D eigenvalue weighted by Gasteiger charge is -2.35. The molecule has 1 N–H and O–H groups in total. The lowest BCUT2D eigenvalue weighted by molar-refractivity contribution is -0.133. The molecule has 2 saturated heterocycles. The highest BCUT2D eigenvalue weighted by Crippen LogP contribution is 2.32. The molecule has 0 saturated carbocycles. The van der Waals surface area contributed by atoms with Gasteiger partial charge in [-0.3, -0.25) is 9.69 Å². The summed E-state index contributed by atoms with van der Waals surface area (Å²) in [5.74, 6) is -0.299. The van der Waals surface area contributed by atoms with E-state index in [0.29, 0.717) is 32.6 Å². The predicted molar refractivity (Wildman–Crippen MR) is 121 cm³/mol. The van der Waals surface area contributed by atoms with Crippen molar-refractivity contribution in [3.8, 4) is 0 Å². The number of benzene rings is 2. The van der Waals surface area contributed by atoms with Crippen molar-refractivity contribution in [1.29, 1.82) is 0 Å². The van der Waals surface area contributed by atoms with E-state index in [-0.39, 0.29) is 18.3 Å². The van der Waals surface area contributed by atoms with Crippen molar-refractivity contribution in [2.75, 3.05) is 32.8 Å². The molecular weight excluding hydrogens is 428 g/mol. The van der Waals surface area contributed by atoms with E-state index in [1.54, 1.807) is 12.1 Å². The van der Waals surface area contributed by atoms with Crippen LogP contribution in [0.15, 0.2) is 60.7 Å². The molecule has 1 atom stereocenters. The molecule has 0 aromatic heterocycles. The molecule has 4 rings (SSSR count). The quantitative estimate of drug-likeness (QED) is 0.644. The second-order valence-electron chi connectivity index (χ2n) is 8.19. The molecule has 2 aliphatic heterocycles. The van der Waals surface area contributed by atoms with Gasteiger partial charge in [-0.05, 0) is 17.5 Å². The van der Waals surface area contributed by atoms with Crippen LogP contribution in [0, 0.1) is 0 Å². The number of carbonyl (C=O) groups excluding carboxylic acids is 2. The van der Waals surface area contributed by atoms with Gasteiger partial charge in [0, 0.05) is 26.2 Å². The van der Waals surface area contributed by atoms with Gasteiger partial charge in [-0.1, -0.05) is 67.6 Å². The highest BCUT2D eigenvalue weighted by Gasteiger charge is 2.51. The van der Waals surface area contributed by atoms with E-state index >= 15 is 0 Å². The Kier molecular flexibility index (Phi) is 6.32. The first kappa shape index (κ1) is 22.4. The van der Waals surface area contributed by atoms with Crippen molar-refractivity contribution in [2.45, 2.75) is 24.6 Å². The zero-order valence-corrected chi connectivity index (χ0v) is 18.9. The smallest absolute Gasteiger partial charge is 0.319 e. The average Bonchev–Trinajstić information content (AvgIpc) is 3.05. The Morgan fingerprint density at radius 2 is 1.50 bits per heavy atom. The van der Waals surface area contributed by atoms with Crippen molar-refractivity contribution in [3.05, 3.63) is 71.8 Å². The Morgan fingerprint density at radius 1 is 0.906 bits per heavy atom. The van der Waals surface area contributed by atoms with Crippen LogP contribution in [-0.2, 0) is 26.1 Å². The maximum atomic E-state index is 13.3. The number of nitrogens with one attached hydrogen (secondary N) is 1. The van der Waals surface area contributed by atoms with Gasteiger partial charge < -0.3 is 5.32 Å². The summed E-state index contributed by atoms with van der Waals surface area (Å²) in [5.41, 5.74) is 0.463. The molecule has 0 radical (unpaired) electrons. The number of imide groups is 1. The Morgan fingerprint density at radius 3 is 2.09 bits per heavy atom. The minimum atomic E-state index is -3.42. The fraction of sp³-hybridized carbons (Fsp3) is 0.391. The molecule has 1 unspecified atom stereocenters. The molecule has 0 aliphatic carbocycles. The first-order valence-corrected chi connectivity index (χ1v) is 12.4. The van der Waals surface area contributed by atoms with Gasteiger partial charge in [0.15, 0.2) is 0 Å². The third kappa shape index (κ3) is 4.28. The number of amides is 3. The number of sulfonamides is 1. The van der Waals surface area contributed by atoms with Crippen LogP contribution in [-0.4, -0.2) is 67.3 Å². The molecule has 2 heterocycles. The van der Waals surface area contributed by atoms with E-state index in [4.69, 9.17) is 0 Å². The predicted octanol–water partition coefficient (Wildman–Crippen LogP) is 1.95. The van der Waals surface area contributed by atoms with E-state index in [2.05, 4.69) is 5.32 Å². The zero-order valence-electron chi connectivity index (χ0n) is 18.1. The first-order chi connectivity index (χ1) is 15.4. The van der Waals surface area contributed by atoms with Gasteiger partial charge in [0.2, 0.25) is 10.0 Å². The van der Waals surface area contributed by atoms with Crippen LogP contribution >= 0.6 is 0 Å². The van der Waals surface area contributed by atoms with Crippen molar-refractivity contribution >= 4 is 22.0 Å². The average molecular weight is 457 g/mol. The third-order valence-corrected chi connectivity index (χ3v) is 8.08. The number of piperazine rings is 1. The fourth-order valence-electron chi connectivity index (χ4n) is 4.34. The minimum absolute atomic E-state index is 0.0308. The van der Waals surface area contributed by atoms with E-state index in [1.165, 1.54) is 9.21 Å². The van der Waals surface area contributed by atoms with Gasteiger partial charge in [-0.25, -0.2) is 18.1 Å². The molecule has 32 heavy (non-hydrogen) atoms. The first-order valence-electron chi connectivity index (χ1n) is 10.8. The molecule has 2 aromatic carbocycles. The molecule has 2 aromatic rings. The maximum Gasteiger partial charge on any atom is 0.326 e. The third-order valence-electron chi connectivity index (χ3n) is 6.23. The second kappa shape index (κ2) is 9.01. The normalized spacial score (nSPS) is 22.8. The van der Waals surface area contributed by atoms with E-state index in [1.807, 2.05) is 60.4 Å². The summed E-state index contributed by atoms with van der Waals surface area (Å²) in [6, 6.07) is 18.0. The van der Waals surface area contributed by atoms with Crippen LogP contribution in [0.5, 0.6) is 0 Å². The van der Waals surface area contributed by atoms with Gasteiger partial charge in [-0.15, -0.1) is 0 Å². The van der Waals surface area contributed by atoms with Gasteiger partial charge in [-0.2, -0.15) is 4.31 Å². The number of hydrogen-bond acceptors (Lipinski definition) is 5. The molecule has 3 amide bonds. The Labute approximate surface area is 188 Å². The summed E-state index contributed by atoms with van der Waals surface area (Å²) >= 11 is 0. The van der Waals surface area contributed by atoms with Crippen LogP contribution in [0.1, 0.15) is 24.5 Å². The fourth-order valence-corrected chi connectivity index (χ4v) is 5.86. The molecule has 0 bridgehead atoms. The molecular formula is C23H28N4O4S. The lowest BCUT2D eigenvalue weighted by Crippen LogP contribution is -2.53. The standard InChI is InChI=1S/C23H28N4O4S/c1-2-23(20-11-7-4-8-12-20)21(28)27(22(29)24-23)18-25-13-15-26(16-14-25)32(30,31)17-19-9-5-3-6-10-19/h3-12H,2,13-18H2,1H3,(H,24,29). The van der Waals surface area contributed by atoms with Gasteiger partial charge in [0.1, 0.15) is 5.54 Å². The summed E-state index contributed by atoms with van der Waals surface area (Å²) in [6.45, 7) is 3.59.